The maximum Gasteiger partial charge on any atom is 0.341 e. The number of carboxylic acids is 1. The number of likely N-dealkylation sites (N-methyl/N-ethyl adjacent to an activating group) is 2. The predicted molar refractivity (Wildman–Crippen MR) is 150 cm³/mol. The van der Waals surface area contributed by atoms with Gasteiger partial charge < -0.3 is 25.4 Å². The Morgan fingerprint density at radius 3 is 2.40 bits per heavy atom. The summed E-state index contributed by atoms with van der Waals surface area (Å²) in [6, 6.07) is 6.01. The van der Waals surface area contributed by atoms with Gasteiger partial charge in [-0.3, -0.25) is 24.1 Å². The number of ether oxygens (including phenoxy) is 1. The number of halogens is 2. The second-order valence-electron chi connectivity index (χ2n) is 9.45. The molecule has 0 saturated heterocycles. The van der Waals surface area contributed by atoms with Crippen LogP contribution in [-0.2, 0) is 23.9 Å². The first kappa shape index (κ1) is 30.9. The lowest BCUT2D eigenvalue weighted by Gasteiger charge is -2.27. The number of carbonyl (C=O) groups is 5. The lowest BCUT2D eigenvalue weighted by Crippen LogP contribution is -2.53. The molecule has 40 heavy (non-hydrogen) atoms. The summed E-state index contributed by atoms with van der Waals surface area (Å²) >= 11 is 12.0. The van der Waals surface area contributed by atoms with Gasteiger partial charge in [0.2, 0.25) is 11.8 Å². The van der Waals surface area contributed by atoms with Crippen LogP contribution in [0.15, 0.2) is 30.3 Å². The summed E-state index contributed by atoms with van der Waals surface area (Å²) in [5.41, 5.74) is 2.88. The molecule has 1 aliphatic heterocycles. The van der Waals surface area contributed by atoms with E-state index >= 15 is 0 Å². The second-order valence-corrected chi connectivity index (χ2v) is 10.3. The Kier molecular flexibility index (Phi) is 10.1. The summed E-state index contributed by atoms with van der Waals surface area (Å²) in [4.78, 5) is 66.6. The molecule has 1 heterocycles. The molecule has 11 nitrogen and oxygen atoms in total. The smallest absolute Gasteiger partial charge is 0.341 e. The van der Waals surface area contributed by atoms with Crippen molar-refractivity contribution in [3.05, 3.63) is 57.1 Å². The molecule has 0 aromatic heterocycles. The number of ketones is 1. The van der Waals surface area contributed by atoms with E-state index in [0.29, 0.717) is 12.2 Å². The van der Waals surface area contributed by atoms with Crippen molar-refractivity contribution in [2.75, 3.05) is 43.6 Å². The summed E-state index contributed by atoms with van der Waals surface area (Å²) in [7, 11) is 3.49. The van der Waals surface area contributed by atoms with Gasteiger partial charge in [-0.05, 0) is 50.2 Å². The van der Waals surface area contributed by atoms with Gasteiger partial charge in [0.25, 0.3) is 0 Å². The van der Waals surface area contributed by atoms with E-state index in [1.165, 1.54) is 23.1 Å². The third kappa shape index (κ3) is 7.09. The van der Waals surface area contributed by atoms with E-state index < -0.39 is 55.3 Å². The number of aliphatic carboxylic acids is 1. The number of carbonyl (C=O) groups excluding carboxylic acids is 4. The highest BCUT2D eigenvalue weighted by Gasteiger charge is 2.35. The van der Waals surface area contributed by atoms with Crippen LogP contribution in [0, 0.1) is 13.8 Å². The first-order valence-electron chi connectivity index (χ1n) is 12.3. The first-order valence-corrected chi connectivity index (χ1v) is 13.1. The van der Waals surface area contributed by atoms with Crippen molar-refractivity contribution >= 4 is 64.1 Å². The molecule has 0 fully saturated rings. The molecule has 0 aliphatic carbocycles. The number of carboxylic acid groups (broad SMARTS) is 1. The summed E-state index contributed by atoms with van der Waals surface area (Å²) in [6.45, 7) is 2.79. The van der Waals surface area contributed by atoms with E-state index in [-0.39, 0.29) is 21.5 Å². The molecule has 0 unspecified atom stereocenters. The highest BCUT2D eigenvalue weighted by Crippen LogP contribution is 2.36. The van der Waals surface area contributed by atoms with Crippen LogP contribution in [0.3, 0.4) is 0 Å². The van der Waals surface area contributed by atoms with Gasteiger partial charge in [-0.25, -0.2) is 4.79 Å². The summed E-state index contributed by atoms with van der Waals surface area (Å²) in [5.74, 6) is -4.34. The zero-order valence-electron chi connectivity index (χ0n) is 22.4. The average molecular weight is 593 g/mol. The Labute approximate surface area is 241 Å². The van der Waals surface area contributed by atoms with Crippen molar-refractivity contribution in [1.82, 2.24) is 10.6 Å². The van der Waals surface area contributed by atoms with Gasteiger partial charge in [0.05, 0.1) is 33.4 Å². The van der Waals surface area contributed by atoms with Gasteiger partial charge in [0, 0.05) is 13.6 Å². The molecule has 2 aromatic carbocycles. The van der Waals surface area contributed by atoms with Gasteiger partial charge in [0.1, 0.15) is 18.6 Å². The molecule has 214 valence electrons. The van der Waals surface area contributed by atoms with Crippen LogP contribution >= 0.6 is 23.2 Å². The van der Waals surface area contributed by atoms with E-state index in [4.69, 9.17) is 27.9 Å². The van der Waals surface area contributed by atoms with Crippen molar-refractivity contribution in [2.45, 2.75) is 32.4 Å². The number of amides is 2. The first-order chi connectivity index (χ1) is 18.8. The average Bonchev–Trinajstić information content (AvgIpc) is 2.96. The number of esters is 1. The highest BCUT2D eigenvalue weighted by molar-refractivity contribution is 6.39. The van der Waals surface area contributed by atoms with Crippen LogP contribution in [-0.4, -0.2) is 80.5 Å². The summed E-state index contributed by atoms with van der Waals surface area (Å²) in [5, 5.41) is 14.7. The van der Waals surface area contributed by atoms with Crippen molar-refractivity contribution in [1.29, 1.82) is 0 Å². The molecule has 2 aromatic rings. The molecule has 3 N–H and O–H groups in total. The Balaban J connectivity index is 1.80. The van der Waals surface area contributed by atoms with E-state index in [1.54, 1.807) is 7.05 Å². The van der Waals surface area contributed by atoms with Crippen molar-refractivity contribution in [3.8, 4) is 0 Å². The maximum atomic E-state index is 13.4. The minimum atomic E-state index is -1.53. The number of hydrogen-bond acceptors (Lipinski definition) is 8. The minimum Gasteiger partial charge on any atom is -0.481 e. The Hall–Kier alpha value is -3.67. The molecule has 0 spiro atoms. The fourth-order valence-corrected chi connectivity index (χ4v) is 5.06. The lowest BCUT2D eigenvalue weighted by molar-refractivity contribution is -0.140. The van der Waals surface area contributed by atoms with Crippen LogP contribution in [0.25, 0.3) is 0 Å². The fraction of sp³-hybridized carbons (Fsp3) is 0.370. The molecule has 2 atom stereocenters. The number of benzene rings is 2. The van der Waals surface area contributed by atoms with E-state index in [2.05, 4.69) is 10.6 Å². The van der Waals surface area contributed by atoms with Crippen molar-refractivity contribution in [3.63, 3.8) is 0 Å². The van der Waals surface area contributed by atoms with E-state index in [1.807, 2.05) is 37.9 Å². The monoisotopic (exact) mass is 592 g/mol. The predicted octanol–water partition coefficient (Wildman–Crippen LogP) is 2.37. The summed E-state index contributed by atoms with van der Waals surface area (Å²) < 4.78 is 5.01. The molecular formula is C27H30Cl2N4O7. The van der Waals surface area contributed by atoms with Gasteiger partial charge in [-0.1, -0.05) is 35.3 Å². The number of hydrogen-bond donors (Lipinski definition) is 3. The second kappa shape index (κ2) is 13.1. The van der Waals surface area contributed by atoms with Crippen LogP contribution in [0.2, 0.25) is 10.0 Å². The van der Waals surface area contributed by atoms with Crippen LogP contribution in [0.4, 0.5) is 11.4 Å². The van der Waals surface area contributed by atoms with Crippen LogP contribution < -0.4 is 20.4 Å². The topological polar surface area (TPSA) is 145 Å². The number of aryl methyl sites for hydroxylation is 2. The molecule has 2 amide bonds. The SMILES string of the molecule is CN[C@H]1CN(C)c2cc(C)cc(C)c2N(CC(=O)N[C@@H](CC(=O)O)C(=O)COC(=O)c2c(Cl)cccc2Cl)C1=O. The number of nitrogens with one attached hydrogen (secondary N) is 2. The van der Waals surface area contributed by atoms with Gasteiger partial charge >= 0.3 is 11.9 Å². The molecule has 0 saturated carbocycles. The molecule has 3 rings (SSSR count). The quantitative estimate of drug-likeness (QED) is 0.354. The standard InChI is InChI=1S/C27H30Cl2N4O7/c1-14-8-15(2)25-20(9-14)32(4)11-19(30-3)26(38)33(25)12-22(35)31-18(10-23(36)37)21(34)13-40-27(39)24-16(28)6-5-7-17(24)29/h5-9,18-19,30H,10-13H2,1-4H3,(H,31,35)(H,36,37)/t18-,19-/m0/s1. The Morgan fingerprint density at radius 2 is 1.80 bits per heavy atom. The molecule has 0 radical (unpaired) electrons. The molecule has 13 heteroatoms. The van der Waals surface area contributed by atoms with Gasteiger partial charge in [-0.2, -0.15) is 0 Å². The number of anilines is 2. The number of nitrogens with zero attached hydrogens (tertiary/aromatic N) is 2. The Morgan fingerprint density at radius 1 is 1.15 bits per heavy atom. The molecule has 0 bridgehead atoms. The third-order valence-electron chi connectivity index (χ3n) is 6.39. The zero-order chi connectivity index (χ0) is 29.7. The van der Waals surface area contributed by atoms with Crippen molar-refractivity contribution < 1.29 is 33.8 Å². The number of fused-ring (bicyclic) bond motifs is 1. The lowest BCUT2D eigenvalue weighted by atomic mass is 10.1. The van der Waals surface area contributed by atoms with Gasteiger partial charge in [0.15, 0.2) is 12.4 Å². The van der Waals surface area contributed by atoms with Gasteiger partial charge in [-0.15, -0.1) is 0 Å². The minimum absolute atomic E-state index is 0.0127. The number of rotatable bonds is 10. The third-order valence-corrected chi connectivity index (χ3v) is 7.02. The van der Waals surface area contributed by atoms with E-state index in [9.17, 15) is 29.1 Å². The number of Topliss-reactive ketones (excluding diaryl/α,β-unsaturated/α-hetero) is 1. The fourth-order valence-electron chi connectivity index (χ4n) is 4.51. The summed E-state index contributed by atoms with van der Waals surface area (Å²) in [6.07, 6.45) is -0.764. The van der Waals surface area contributed by atoms with Crippen molar-refractivity contribution in [2.24, 2.45) is 0 Å². The highest BCUT2D eigenvalue weighted by atomic mass is 35.5. The largest absolute Gasteiger partial charge is 0.481 e. The zero-order valence-corrected chi connectivity index (χ0v) is 23.9. The normalized spacial score (nSPS) is 15.7. The maximum absolute atomic E-state index is 13.4. The van der Waals surface area contributed by atoms with Crippen LogP contribution in [0.1, 0.15) is 27.9 Å². The van der Waals surface area contributed by atoms with Crippen LogP contribution in [0.5, 0.6) is 0 Å². The molecule has 1 aliphatic rings. The van der Waals surface area contributed by atoms with E-state index in [0.717, 1.165) is 16.8 Å². The molecular weight excluding hydrogens is 563 g/mol. The Bertz CT molecular complexity index is 1330.